The number of nitrogens with two attached hydrogens (primary N) is 1. The summed E-state index contributed by atoms with van der Waals surface area (Å²) in [5.74, 6) is -0.575. The number of nitrogens with zero attached hydrogens (tertiary/aromatic N) is 1. The second-order valence-electron chi connectivity index (χ2n) is 5.98. The monoisotopic (exact) mass is 292 g/mol. The summed E-state index contributed by atoms with van der Waals surface area (Å²) in [7, 11) is 0. The highest BCUT2D eigenvalue weighted by Crippen LogP contribution is 2.29. The van der Waals surface area contributed by atoms with Crippen molar-refractivity contribution in [1.29, 1.82) is 0 Å². The first-order valence-corrected chi connectivity index (χ1v) is 7.22. The van der Waals surface area contributed by atoms with Crippen LogP contribution < -0.4 is 5.73 Å². The second-order valence-corrected chi connectivity index (χ2v) is 5.98. The van der Waals surface area contributed by atoms with Crippen LogP contribution in [0, 0.1) is 11.2 Å². The molecule has 1 atom stereocenters. The van der Waals surface area contributed by atoms with Crippen molar-refractivity contribution < 1.29 is 14.0 Å². The molecule has 21 heavy (non-hydrogen) atoms. The SMILES string of the molecule is CC1(C(N)=O)CCN(CCCC(=O)c2ccc(F)cc2)C1. The van der Waals surface area contributed by atoms with Crippen molar-refractivity contribution in [2.24, 2.45) is 11.1 Å². The molecular weight excluding hydrogens is 271 g/mol. The molecule has 1 unspecified atom stereocenters. The lowest BCUT2D eigenvalue weighted by molar-refractivity contribution is -0.126. The van der Waals surface area contributed by atoms with E-state index in [1.807, 2.05) is 6.92 Å². The Balaban J connectivity index is 1.76. The fourth-order valence-electron chi connectivity index (χ4n) is 2.69. The fraction of sp³-hybridized carbons (Fsp3) is 0.500. The maximum absolute atomic E-state index is 12.8. The number of benzene rings is 1. The molecule has 0 saturated carbocycles. The van der Waals surface area contributed by atoms with Gasteiger partial charge in [-0.05, 0) is 57.1 Å². The zero-order valence-electron chi connectivity index (χ0n) is 12.3. The zero-order chi connectivity index (χ0) is 15.5. The van der Waals surface area contributed by atoms with Crippen LogP contribution in [0.25, 0.3) is 0 Å². The zero-order valence-corrected chi connectivity index (χ0v) is 12.3. The van der Waals surface area contributed by atoms with Gasteiger partial charge < -0.3 is 10.6 Å². The van der Waals surface area contributed by atoms with Crippen molar-refractivity contribution in [2.45, 2.75) is 26.2 Å². The van der Waals surface area contributed by atoms with E-state index in [0.717, 1.165) is 25.9 Å². The molecule has 2 N–H and O–H groups in total. The van der Waals surface area contributed by atoms with Gasteiger partial charge in [0, 0.05) is 18.5 Å². The maximum atomic E-state index is 12.8. The van der Waals surface area contributed by atoms with Crippen LogP contribution in [0.15, 0.2) is 24.3 Å². The summed E-state index contributed by atoms with van der Waals surface area (Å²) < 4.78 is 12.8. The Morgan fingerprint density at radius 2 is 2.00 bits per heavy atom. The van der Waals surface area contributed by atoms with E-state index in [2.05, 4.69) is 4.90 Å². The van der Waals surface area contributed by atoms with Crippen LogP contribution in [-0.2, 0) is 4.79 Å². The number of hydrogen-bond acceptors (Lipinski definition) is 3. The van der Waals surface area contributed by atoms with Gasteiger partial charge in [0.1, 0.15) is 5.82 Å². The number of ketones is 1. The minimum atomic E-state index is -0.443. The van der Waals surface area contributed by atoms with Crippen molar-refractivity contribution in [2.75, 3.05) is 19.6 Å². The molecular formula is C16H21FN2O2. The van der Waals surface area contributed by atoms with Crippen LogP contribution in [0.3, 0.4) is 0 Å². The van der Waals surface area contributed by atoms with Gasteiger partial charge >= 0.3 is 0 Å². The molecule has 0 spiro atoms. The highest BCUT2D eigenvalue weighted by molar-refractivity contribution is 5.95. The van der Waals surface area contributed by atoms with Gasteiger partial charge in [0.2, 0.25) is 5.91 Å². The minimum Gasteiger partial charge on any atom is -0.369 e. The van der Waals surface area contributed by atoms with E-state index in [0.29, 0.717) is 18.5 Å². The predicted octanol–water partition coefficient (Wildman–Crippen LogP) is 1.99. The molecule has 1 saturated heterocycles. The number of hydrogen-bond donors (Lipinski definition) is 1. The van der Waals surface area contributed by atoms with Crippen LogP contribution in [0.1, 0.15) is 36.5 Å². The summed E-state index contributed by atoms with van der Waals surface area (Å²) in [4.78, 5) is 25.5. The van der Waals surface area contributed by atoms with Gasteiger partial charge in [-0.25, -0.2) is 4.39 Å². The standard InChI is InChI=1S/C16H21FN2O2/c1-16(15(18)21)8-10-19(11-16)9-2-3-14(20)12-4-6-13(17)7-5-12/h4-7H,2-3,8-11H2,1H3,(H2,18,21). The number of carbonyl (C=O) groups is 2. The van der Waals surface area contributed by atoms with E-state index in [-0.39, 0.29) is 17.5 Å². The highest BCUT2D eigenvalue weighted by atomic mass is 19.1. The highest BCUT2D eigenvalue weighted by Gasteiger charge is 2.38. The molecule has 4 nitrogen and oxygen atoms in total. The Hall–Kier alpha value is -1.75. The average Bonchev–Trinajstić information content (AvgIpc) is 2.82. The summed E-state index contributed by atoms with van der Waals surface area (Å²) in [6, 6.07) is 5.62. The lowest BCUT2D eigenvalue weighted by Gasteiger charge is -2.20. The van der Waals surface area contributed by atoms with Gasteiger partial charge in [-0.1, -0.05) is 0 Å². The molecule has 1 aromatic carbocycles. The lowest BCUT2D eigenvalue weighted by Crippen LogP contribution is -2.37. The largest absolute Gasteiger partial charge is 0.369 e. The quantitative estimate of drug-likeness (QED) is 0.816. The summed E-state index contributed by atoms with van der Waals surface area (Å²) in [6.45, 7) is 4.16. The number of halogens is 1. The Morgan fingerprint density at radius 3 is 2.57 bits per heavy atom. The van der Waals surface area contributed by atoms with E-state index < -0.39 is 5.41 Å². The predicted molar refractivity (Wildman–Crippen MR) is 78.3 cm³/mol. The topological polar surface area (TPSA) is 63.4 Å². The van der Waals surface area contributed by atoms with E-state index in [9.17, 15) is 14.0 Å². The van der Waals surface area contributed by atoms with E-state index >= 15 is 0 Å². The van der Waals surface area contributed by atoms with Crippen molar-refractivity contribution in [3.8, 4) is 0 Å². The third-order valence-electron chi connectivity index (χ3n) is 4.19. The summed E-state index contributed by atoms with van der Waals surface area (Å²) >= 11 is 0. The van der Waals surface area contributed by atoms with Crippen molar-refractivity contribution in [1.82, 2.24) is 4.90 Å². The first kappa shape index (κ1) is 15.6. The van der Waals surface area contributed by atoms with Crippen molar-refractivity contribution in [3.63, 3.8) is 0 Å². The molecule has 1 heterocycles. The van der Waals surface area contributed by atoms with Crippen LogP contribution in [0.4, 0.5) is 4.39 Å². The first-order valence-electron chi connectivity index (χ1n) is 7.22. The normalized spacial score (nSPS) is 22.4. The molecule has 1 aliphatic heterocycles. The molecule has 0 bridgehead atoms. The number of likely N-dealkylation sites (tertiary alicyclic amines) is 1. The van der Waals surface area contributed by atoms with Crippen LogP contribution in [0.2, 0.25) is 0 Å². The van der Waals surface area contributed by atoms with Gasteiger partial charge in [-0.15, -0.1) is 0 Å². The molecule has 5 heteroatoms. The molecule has 0 aromatic heterocycles. The van der Waals surface area contributed by atoms with E-state index in [1.54, 1.807) is 0 Å². The number of Topliss-reactive ketones (excluding diaryl/α,β-unsaturated/α-hetero) is 1. The smallest absolute Gasteiger partial charge is 0.224 e. The summed E-state index contributed by atoms with van der Waals surface area (Å²) in [5, 5.41) is 0. The third-order valence-corrected chi connectivity index (χ3v) is 4.19. The van der Waals surface area contributed by atoms with Crippen molar-refractivity contribution >= 4 is 11.7 Å². The van der Waals surface area contributed by atoms with Gasteiger partial charge in [-0.2, -0.15) is 0 Å². The summed E-state index contributed by atoms with van der Waals surface area (Å²) in [6.07, 6.45) is 1.93. The minimum absolute atomic E-state index is 0.0202. The molecule has 0 aliphatic carbocycles. The number of rotatable bonds is 6. The van der Waals surface area contributed by atoms with Gasteiger partial charge in [-0.3, -0.25) is 9.59 Å². The summed E-state index contributed by atoms with van der Waals surface area (Å²) in [5.41, 5.74) is 5.51. The molecule has 0 radical (unpaired) electrons. The van der Waals surface area contributed by atoms with Gasteiger partial charge in [0.05, 0.1) is 5.41 Å². The van der Waals surface area contributed by atoms with Crippen LogP contribution in [-0.4, -0.2) is 36.2 Å². The Labute approximate surface area is 124 Å². The van der Waals surface area contributed by atoms with Gasteiger partial charge in [0.25, 0.3) is 0 Å². The average molecular weight is 292 g/mol. The fourth-order valence-corrected chi connectivity index (χ4v) is 2.69. The molecule has 1 amide bonds. The molecule has 1 aromatic rings. The maximum Gasteiger partial charge on any atom is 0.224 e. The molecule has 1 fully saturated rings. The second kappa shape index (κ2) is 6.35. The van der Waals surface area contributed by atoms with Crippen molar-refractivity contribution in [3.05, 3.63) is 35.6 Å². The number of carbonyl (C=O) groups excluding carboxylic acids is 2. The molecule has 1 aliphatic rings. The number of amides is 1. The van der Waals surface area contributed by atoms with Crippen LogP contribution >= 0.6 is 0 Å². The molecule has 114 valence electrons. The molecule has 2 rings (SSSR count). The first-order chi connectivity index (χ1) is 9.90. The Kier molecular flexibility index (Phi) is 4.73. The van der Waals surface area contributed by atoms with Crippen LogP contribution in [0.5, 0.6) is 0 Å². The van der Waals surface area contributed by atoms with E-state index in [4.69, 9.17) is 5.73 Å². The van der Waals surface area contributed by atoms with E-state index in [1.165, 1.54) is 24.3 Å². The number of primary amides is 1. The Bertz CT molecular complexity index is 530. The lowest BCUT2D eigenvalue weighted by atomic mass is 9.89. The van der Waals surface area contributed by atoms with Gasteiger partial charge in [0.15, 0.2) is 5.78 Å². The Morgan fingerprint density at radius 1 is 1.33 bits per heavy atom. The third kappa shape index (κ3) is 3.88.